The lowest BCUT2D eigenvalue weighted by molar-refractivity contribution is 0.0195. The number of anilines is 1. The van der Waals surface area contributed by atoms with Gasteiger partial charge >= 0.3 is 12.1 Å². The van der Waals surface area contributed by atoms with Crippen molar-refractivity contribution in [1.29, 1.82) is 0 Å². The lowest BCUT2D eigenvalue weighted by Gasteiger charge is -2.36. The highest BCUT2D eigenvalue weighted by atomic mass is 16.6. The van der Waals surface area contributed by atoms with Gasteiger partial charge in [-0.25, -0.2) is 9.59 Å². The largest absolute Gasteiger partial charge is 0.478 e. The van der Waals surface area contributed by atoms with Crippen molar-refractivity contribution in [3.8, 4) is 0 Å². The maximum absolute atomic E-state index is 12.3. The Bertz CT molecular complexity index is 650. The monoisotopic (exact) mass is 318 g/mol. The smallest absolute Gasteiger partial charge is 0.410 e. The number of carboxylic acids is 1. The number of carbonyl (C=O) groups is 2. The minimum Gasteiger partial charge on any atom is -0.478 e. The zero-order valence-corrected chi connectivity index (χ0v) is 13.6. The van der Waals surface area contributed by atoms with Crippen LogP contribution in [0.3, 0.4) is 0 Å². The van der Waals surface area contributed by atoms with Gasteiger partial charge in [-0.05, 0) is 38.8 Å². The molecular weight excluding hydrogens is 296 g/mol. The number of rotatable bonds is 1. The molecule has 1 aromatic carbocycles. The third-order valence-corrected chi connectivity index (χ3v) is 4.32. The van der Waals surface area contributed by atoms with E-state index in [1.807, 2.05) is 26.8 Å². The predicted molar refractivity (Wildman–Crippen MR) is 86.0 cm³/mol. The lowest BCUT2D eigenvalue weighted by Crippen LogP contribution is -2.46. The third-order valence-electron chi connectivity index (χ3n) is 4.32. The highest BCUT2D eigenvalue weighted by Gasteiger charge is 2.40. The van der Waals surface area contributed by atoms with Crippen molar-refractivity contribution in [3.05, 3.63) is 29.3 Å². The van der Waals surface area contributed by atoms with E-state index in [-0.39, 0.29) is 18.1 Å². The molecule has 2 aliphatic heterocycles. The molecule has 124 valence electrons. The summed E-state index contributed by atoms with van der Waals surface area (Å²) in [6.07, 6.45) is 0.469. The Morgan fingerprint density at radius 2 is 2.09 bits per heavy atom. The van der Waals surface area contributed by atoms with Gasteiger partial charge in [0.1, 0.15) is 5.60 Å². The summed E-state index contributed by atoms with van der Waals surface area (Å²) < 4.78 is 5.45. The second kappa shape index (κ2) is 5.44. The van der Waals surface area contributed by atoms with Gasteiger partial charge in [0, 0.05) is 25.0 Å². The van der Waals surface area contributed by atoms with Crippen LogP contribution in [0.25, 0.3) is 0 Å². The highest BCUT2D eigenvalue weighted by Crippen LogP contribution is 2.42. The molecule has 2 N–H and O–H groups in total. The molecule has 1 amide bonds. The topological polar surface area (TPSA) is 78.9 Å². The van der Waals surface area contributed by atoms with Crippen LogP contribution in [0.15, 0.2) is 18.2 Å². The van der Waals surface area contributed by atoms with Crippen LogP contribution in [0, 0.1) is 0 Å². The van der Waals surface area contributed by atoms with E-state index in [1.165, 1.54) is 0 Å². The number of fused-ring (bicyclic) bond motifs is 3. The van der Waals surface area contributed by atoms with E-state index in [2.05, 4.69) is 5.32 Å². The van der Waals surface area contributed by atoms with Gasteiger partial charge in [-0.2, -0.15) is 0 Å². The second-order valence-corrected chi connectivity index (χ2v) is 7.15. The SMILES string of the molecule is CC(C)(C)OC(=O)N1CC[C@H]2Nc3c(C(=O)O)cccc3[C@H]2C1. The van der Waals surface area contributed by atoms with Gasteiger partial charge in [0.25, 0.3) is 0 Å². The Balaban J connectivity index is 1.81. The van der Waals surface area contributed by atoms with Crippen molar-refractivity contribution in [2.75, 3.05) is 18.4 Å². The molecule has 1 aromatic rings. The van der Waals surface area contributed by atoms with E-state index in [4.69, 9.17) is 4.74 Å². The van der Waals surface area contributed by atoms with Gasteiger partial charge in [0.2, 0.25) is 0 Å². The Labute approximate surface area is 135 Å². The fourth-order valence-corrected chi connectivity index (χ4v) is 3.34. The standard InChI is InChI=1S/C17H22N2O4/c1-17(2,3)23-16(22)19-8-7-13-12(9-19)10-5-4-6-11(15(20)21)14(10)18-13/h4-6,12-13,18H,7-9H2,1-3H3,(H,20,21)/t12-,13-/m1/s1. The van der Waals surface area contributed by atoms with Crippen molar-refractivity contribution in [2.45, 2.75) is 44.8 Å². The van der Waals surface area contributed by atoms with Crippen LogP contribution in [0.5, 0.6) is 0 Å². The van der Waals surface area contributed by atoms with Crippen LogP contribution in [0.4, 0.5) is 10.5 Å². The number of likely N-dealkylation sites (tertiary alicyclic amines) is 1. The number of nitrogens with one attached hydrogen (secondary N) is 1. The molecular formula is C17H22N2O4. The van der Waals surface area contributed by atoms with Crippen LogP contribution in [-0.4, -0.2) is 46.8 Å². The fourth-order valence-electron chi connectivity index (χ4n) is 3.34. The van der Waals surface area contributed by atoms with Crippen LogP contribution < -0.4 is 5.32 Å². The minimum absolute atomic E-state index is 0.102. The van der Waals surface area contributed by atoms with Crippen molar-refractivity contribution < 1.29 is 19.4 Å². The Morgan fingerprint density at radius 1 is 1.35 bits per heavy atom. The molecule has 0 bridgehead atoms. The van der Waals surface area contributed by atoms with E-state index in [0.717, 1.165) is 12.0 Å². The van der Waals surface area contributed by atoms with Gasteiger partial charge in [0.15, 0.2) is 0 Å². The molecule has 1 fully saturated rings. The molecule has 2 heterocycles. The number of ether oxygens (including phenoxy) is 1. The van der Waals surface area contributed by atoms with Crippen molar-refractivity contribution in [1.82, 2.24) is 4.90 Å². The first-order valence-corrected chi connectivity index (χ1v) is 7.87. The summed E-state index contributed by atoms with van der Waals surface area (Å²) in [5.41, 5.74) is 1.45. The number of amides is 1. The quantitative estimate of drug-likeness (QED) is 0.832. The van der Waals surface area contributed by atoms with E-state index in [1.54, 1.807) is 17.0 Å². The van der Waals surface area contributed by atoms with Crippen molar-refractivity contribution >= 4 is 17.7 Å². The van der Waals surface area contributed by atoms with Crippen molar-refractivity contribution in [3.63, 3.8) is 0 Å². The Kier molecular flexibility index (Phi) is 3.70. The number of carboxylic acid groups (broad SMARTS) is 1. The number of nitrogens with zero attached hydrogens (tertiary/aromatic N) is 1. The minimum atomic E-state index is -0.933. The predicted octanol–water partition coefficient (Wildman–Crippen LogP) is 2.90. The maximum Gasteiger partial charge on any atom is 0.410 e. The van der Waals surface area contributed by atoms with Gasteiger partial charge in [0.05, 0.1) is 11.3 Å². The molecule has 0 radical (unpaired) electrons. The molecule has 0 spiro atoms. The number of benzene rings is 1. The zero-order valence-electron chi connectivity index (χ0n) is 13.6. The second-order valence-electron chi connectivity index (χ2n) is 7.15. The first-order chi connectivity index (χ1) is 10.8. The average Bonchev–Trinajstić information content (AvgIpc) is 2.82. The number of para-hydroxylation sites is 1. The first-order valence-electron chi connectivity index (χ1n) is 7.87. The lowest BCUT2D eigenvalue weighted by atomic mass is 9.89. The van der Waals surface area contributed by atoms with Crippen LogP contribution >= 0.6 is 0 Å². The molecule has 2 aliphatic rings. The summed E-state index contributed by atoms with van der Waals surface area (Å²) in [7, 11) is 0. The van der Waals surface area contributed by atoms with Crippen LogP contribution in [-0.2, 0) is 4.74 Å². The molecule has 23 heavy (non-hydrogen) atoms. The van der Waals surface area contributed by atoms with Gasteiger partial charge in [-0.15, -0.1) is 0 Å². The van der Waals surface area contributed by atoms with E-state index in [9.17, 15) is 14.7 Å². The van der Waals surface area contributed by atoms with Crippen LogP contribution in [0.1, 0.15) is 49.0 Å². The van der Waals surface area contributed by atoms with Gasteiger partial charge in [-0.1, -0.05) is 12.1 Å². The normalized spacial score (nSPS) is 22.8. The van der Waals surface area contributed by atoms with Crippen LogP contribution in [0.2, 0.25) is 0 Å². The number of hydrogen-bond donors (Lipinski definition) is 2. The number of hydrogen-bond acceptors (Lipinski definition) is 4. The summed E-state index contributed by atoms with van der Waals surface area (Å²) in [6, 6.07) is 5.48. The molecule has 1 saturated heterocycles. The fraction of sp³-hybridized carbons (Fsp3) is 0.529. The summed E-state index contributed by atoms with van der Waals surface area (Å²) in [6.45, 7) is 6.71. The molecule has 0 aromatic heterocycles. The first kappa shape index (κ1) is 15.6. The molecule has 6 heteroatoms. The summed E-state index contributed by atoms with van der Waals surface area (Å²) >= 11 is 0. The number of carbonyl (C=O) groups excluding carboxylic acids is 1. The molecule has 3 rings (SSSR count). The molecule has 0 aliphatic carbocycles. The maximum atomic E-state index is 12.3. The highest BCUT2D eigenvalue weighted by molar-refractivity contribution is 5.96. The molecule has 2 atom stereocenters. The Hall–Kier alpha value is -2.24. The zero-order chi connectivity index (χ0) is 16.8. The average molecular weight is 318 g/mol. The van der Waals surface area contributed by atoms with E-state index < -0.39 is 11.6 Å². The Morgan fingerprint density at radius 3 is 2.74 bits per heavy atom. The van der Waals surface area contributed by atoms with E-state index >= 15 is 0 Å². The van der Waals surface area contributed by atoms with E-state index in [0.29, 0.717) is 24.3 Å². The molecule has 6 nitrogen and oxygen atoms in total. The number of aromatic carboxylic acids is 1. The summed E-state index contributed by atoms with van der Waals surface area (Å²) in [4.78, 5) is 25.4. The summed E-state index contributed by atoms with van der Waals surface area (Å²) in [5, 5.41) is 12.7. The van der Waals surface area contributed by atoms with Crippen molar-refractivity contribution in [2.24, 2.45) is 0 Å². The molecule has 0 unspecified atom stereocenters. The third kappa shape index (κ3) is 2.98. The molecule has 0 saturated carbocycles. The summed E-state index contributed by atoms with van der Waals surface area (Å²) in [5.74, 6) is -0.831. The number of piperidine rings is 1. The van der Waals surface area contributed by atoms with Gasteiger partial charge in [-0.3, -0.25) is 0 Å². The van der Waals surface area contributed by atoms with Gasteiger partial charge < -0.3 is 20.1 Å².